The average Bonchev–Trinajstić information content (AvgIpc) is 2.66. The molecule has 0 aliphatic carbocycles. The van der Waals surface area contributed by atoms with E-state index in [0.29, 0.717) is 5.69 Å². The Labute approximate surface area is 92.4 Å². The van der Waals surface area contributed by atoms with Crippen LogP contribution in [0.25, 0.3) is 0 Å². The second kappa shape index (κ2) is 4.19. The molecule has 1 heterocycles. The highest BCUT2D eigenvalue weighted by atomic mass is 35.5. The van der Waals surface area contributed by atoms with Crippen LogP contribution in [-0.4, -0.2) is 9.99 Å². The topological polar surface area (TPSA) is 34.0 Å². The van der Waals surface area contributed by atoms with Crippen LogP contribution < -0.4 is 5.32 Å². The standard InChI is InChI=1S/C11H9ClN2O/c12-14-8-4-7-10(14)11(15)13-9-5-2-1-3-6-9/h1-8H,(H,13,15). The number of aromatic nitrogens is 1. The minimum absolute atomic E-state index is 0.221. The summed E-state index contributed by atoms with van der Waals surface area (Å²) in [7, 11) is 0. The van der Waals surface area contributed by atoms with Crippen molar-refractivity contribution in [3.05, 3.63) is 54.4 Å². The minimum Gasteiger partial charge on any atom is -0.321 e. The van der Waals surface area contributed by atoms with Crippen LogP contribution >= 0.6 is 11.8 Å². The van der Waals surface area contributed by atoms with E-state index in [0.717, 1.165) is 5.69 Å². The lowest BCUT2D eigenvalue weighted by Gasteiger charge is -2.04. The molecule has 0 fully saturated rings. The van der Waals surface area contributed by atoms with E-state index in [1.54, 1.807) is 18.3 Å². The monoisotopic (exact) mass is 220 g/mol. The summed E-state index contributed by atoms with van der Waals surface area (Å²) in [5, 5.41) is 2.74. The number of nitrogens with one attached hydrogen (secondary N) is 1. The van der Waals surface area contributed by atoms with Gasteiger partial charge in [0, 0.05) is 23.7 Å². The summed E-state index contributed by atoms with van der Waals surface area (Å²) < 4.78 is 1.26. The van der Waals surface area contributed by atoms with Crippen molar-refractivity contribution in [3.8, 4) is 0 Å². The summed E-state index contributed by atoms with van der Waals surface area (Å²) in [6, 6.07) is 12.6. The van der Waals surface area contributed by atoms with Crippen LogP contribution in [0.5, 0.6) is 0 Å². The third kappa shape index (κ3) is 2.19. The Balaban J connectivity index is 2.15. The number of anilines is 1. The van der Waals surface area contributed by atoms with Gasteiger partial charge >= 0.3 is 0 Å². The van der Waals surface area contributed by atoms with E-state index in [4.69, 9.17) is 11.8 Å². The first-order valence-electron chi connectivity index (χ1n) is 4.47. The molecular weight excluding hydrogens is 212 g/mol. The van der Waals surface area contributed by atoms with Crippen molar-refractivity contribution in [1.29, 1.82) is 0 Å². The van der Waals surface area contributed by atoms with Crippen LogP contribution in [0, 0.1) is 0 Å². The molecule has 0 atom stereocenters. The maximum absolute atomic E-state index is 11.7. The molecule has 0 saturated carbocycles. The van der Waals surface area contributed by atoms with E-state index >= 15 is 0 Å². The van der Waals surface area contributed by atoms with Gasteiger partial charge in [0.05, 0.1) is 0 Å². The van der Waals surface area contributed by atoms with Gasteiger partial charge in [-0.25, -0.2) is 0 Å². The highest BCUT2D eigenvalue weighted by Crippen LogP contribution is 2.09. The van der Waals surface area contributed by atoms with E-state index in [9.17, 15) is 4.79 Å². The Hall–Kier alpha value is -1.74. The van der Waals surface area contributed by atoms with Gasteiger partial charge < -0.3 is 5.32 Å². The van der Waals surface area contributed by atoms with Crippen molar-refractivity contribution in [2.45, 2.75) is 0 Å². The first-order chi connectivity index (χ1) is 7.27. The molecule has 0 unspecified atom stereocenters. The normalized spacial score (nSPS) is 9.93. The summed E-state index contributed by atoms with van der Waals surface area (Å²) in [6.45, 7) is 0. The molecule has 0 bridgehead atoms. The van der Waals surface area contributed by atoms with Gasteiger partial charge in [0.25, 0.3) is 5.91 Å². The lowest BCUT2D eigenvalue weighted by atomic mass is 10.3. The van der Waals surface area contributed by atoms with Gasteiger partial charge in [0.15, 0.2) is 0 Å². The predicted octanol–water partition coefficient (Wildman–Crippen LogP) is 2.74. The molecule has 0 aliphatic heterocycles. The summed E-state index contributed by atoms with van der Waals surface area (Å²) in [5.74, 6) is -0.221. The Morgan fingerprint density at radius 1 is 1.13 bits per heavy atom. The Morgan fingerprint density at radius 2 is 1.87 bits per heavy atom. The van der Waals surface area contributed by atoms with Crippen molar-refractivity contribution in [3.63, 3.8) is 0 Å². The third-order valence-electron chi connectivity index (χ3n) is 1.97. The van der Waals surface area contributed by atoms with Gasteiger partial charge in [-0.1, -0.05) is 18.2 Å². The highest BCUT2D eigenvalue weighted by Gasteiger charge is 2.09. The minimum atomic E-state index is -0.221. The number of para-hydroxylation sites is 1. The molecule has 0 spiro atoms. The largest absolute Gasteiger partial charge is 0.321 e. The van der Waals surface area contributed by atoms with Gasteiger partial charge in [-0.2, -0.15) is 0 Å². The molecule has 76 valence electrons. The van der Waals surface area contributed by atoms with E-state index in [-0.39, 0.29) is 5.91 Å². The van der Waals surface area contributed by atoms with Crippen LogP contribution in [0.2, 0.25) is 0 Å². The zero-order chi connectivity index (χ0) is 10.7. The number of benzene rings is 1. The molecule has 2 rings (SSSR count). The molecule has 2 aromatic rings. The molecule has 0 radical (unpaired) electrons. The van der Waals surface area contributed by atoms with Crippen molar-refractivity contribution in [2.24, 2.45) is 0 Å². The van der Waals surface area contributed by atoms with Gasteiger partial charge in [-0.15, -0.1) is 0 Å². The van der Waals surface area contributed by atoms with Crippen LogP contribution in [0.4, 0.5) is 5.69 Å². The second-order valence-corrected chi connectivity index (χ2v) is 3.39. The summed E-state index contributed by atoms with van der Waals surface area (Å²) >= 11 is 5.76. The highest BCUT2D eigenvalue weighted by molar-refractivity contribution is 6.19. The molecule has 3 nitrogen and oxygen atoms in total. The van der Waals surface area contributed by atoms with Gasteiger partial charge in [-0.05, 0) is 24.3 Å². The molecular formula is C11H9ClN2O. The van der Waals surface area contributed by atoms with E-state index in [1.165, 1.54) is 4.09 Å². The number of amides is 1. The summed E-state index contributed by atoms with van der Waals surface area (Å²) in [6.07, 6.45) is 1.61. The average molecular weight is 221 g/mol. The number of hydrogen-bond acceptors (Lipinski definition) is 1. The Bertz CT molecular complexity index is 464. The van der Waals surface area contributed by atoms with E-state index < -0.39 is 0 Å². The van der Waals surface area contributed by atoms with Crippen molar-refractivity contribution in [1.82, 2.24) is 4.09 Å². The Kier molecular flexibility index (Phi) is 2.74. The maximum atomic E-state index is 11.7. The van der Waals surface area contributed by atoms with E-state index in [1.807, 2.05) is 30.3 Å². The quantitative estimate of drug-likeness (QED) is 0.830. The summed E-state index contributed by atoms with van der Waals surface area (Å²) in [4.78, 5) is 11.7. The Morgan fingerprint density at radius 3 is 2.47 bits per heavy atom. The van der Waals surface area contributed by atoms with Gasteiger partial charge in [-0.3, -0.25) is 8.88 Å². The molecule has 1 aromatic carbocycles. The summed E-state index contributed by atoms with van der Waals surface area (Å²) in [5.41, 5.74) is 1.17. The fourth-order valence-electron chi connectivity index (χ4n) is 1.25. The number of halogens is 1. The number of nitrogens with zero attached hydrogens (tertiary/aromatic N) is 1. The lowest BCUT2D eigenvalue weighted by molar-refractivity contribution is 0.102. The molecule has 1 N–H and O–H groups in total. The first-order valence-corrected chi connectivity index (χ1v) is 4.81. The lowest BCUT2D eigenvalue weighted by Crippen LogP contribution is -2.13. The number of hydrogen-bond donors (Lipinski definition) is 1. The molecule has 1 amide bonds. The number of carbonyl (C=O) groups is 1. The van der Waals surface area contributed by atoms with Crippen molar-refractivity contribution in [2.75, 3.05) is 5.32 Å². The number of carbonyl (C=O) groups excluding carboxylic acids is 1. The van der Waals surface area contributed by atoms with Crippen molar-refractivity contribution >= 4 is 23.4 Å². The number of rotatable bonds is 2. The van der Waals surface area contributed by atoms with Gasteiger partial charge in [0.2, 0.25) is 0 Å². The van der Waals surface area contributed by atoms with Crippen molar-refractivity contribution < 1.29 is 4.79 Å². The maximum Gasteiger partial charge on any atom is 0.273 e. The smallest absolute Gasteiger partial charge is 0.273 e. The third-order valence-corrected chi connectivity index (χ3v) is 2.26. The van der Waals surface area contributed by atoms with Gasteiger partial charge in [0.1, 0.15) is 5.69 Å². The predicted molar refractivity (Wildman–Crippen MR) is 60.1 cm³/mol. The molecule has 1 aromatic heterocycles. The first kappa shape index (κ1) is 9.80. The van der Waals surface area contributed by atoms with Crippen LogP contribution in [0.15, 0.2) is 48.7 Å². The van der Waals surface area contributed by atoms with Crippen LogP contribution in [0.3, 0.4) is 0 Å². The van der Waals surface area contributed by atoms with Crippen LogP contribution in [-0.2, 0) is 0 Å². The fourth-order valence-corrected chi connectivity index (χ4v) is 1.45. The molecule has 0 saturated heterocycles. The second-order valence-electron chi connectivity index (χ2n) is 3.02. The fraction of sp³-hybridized carbons (Fsp3) is 0. The van der Waals surface area contributed by atoms with Crippen LogP contribution in [0.1, 0.15) is 10.5 Å². The zero-order valence-electron chi connectivity index (χ0n) is 7.85. The molecule has 0 aliphatic rings. The molecule has 4 heteroatoms. The zero-order valence-corrected chi connectivity index (χ0v) is 8.61. The molecule has 15 heavy (non-hydrogen) atoms. The SMILES string of the molecule is O=C(Nc1ccccc1)c1cccn1Cl. The van der Waals surface area contributed by atoms with E-state index in [2.05, 4.69) is 5.32 Å².